The molecule has 62 valence electrons. The Morgan fingerprint density at radius 1 is 1.82 bits per heavy atom. The van der Waals surface area contributed by atoms with Gasteiger partial charge < -0.3 is 10.2 Å². The predicted molar refractivity (Wildman–Crippen MR) is 44.1 cm³/mol. The molecule has 11 heavy (non-hydrogen) atoms. The quantitative estimate of drug-likeness (QED) is 0.591. The Hall–Kier alpha value is -0.600. The Balaban J connectivity index is 2.77. The summed E-state index contributed by atoms with van der Waals surface area (Å²) in [6.07, 6.45) is 3.91. The third kappa shape index (κ3) is 2.17. The summed E-state index contributed by atoms with van der Waals surface area (Å²) >= 11 is 0. The molecule has 2 atom stereocenters. The van der Waals surface area contributed by atoms with Gasteiger partial charge in [0.05, 0.1) is 11.7 Å². The lowest BCUT2D eigenvalue weighted by atomic mass is 9.85. The van der Waals surface area contributed by atoms with E-state index in [0.29, 0.717) is 12.8 Å². The molecule has 2 nitrogen and oxygen atoms in total. The van der Waals surface area contributed by atoms with Crippen LogP contribution in [-0.4, -0.2) is 21.9 Å². The van der Waals surface area contributed by atoms with Crippen molar-refractivity contribution in [1.29, 1.82) is 0 Å². The Bertz CT molecular complexity index is 192. The molecule has 0 unspecified atom stereocenters. The lowest BCUT2D eigenvalue weighted by molar-refractivity contribution is 0.00989. The molecule has 0 aromatic carbocycles. The van der Waals surface area contributed by atoms with Gasteiger partial charge in [0, 0.05) is 12.8 Å². The zero-order valence-corrected chi connectivity index (χ0v) is 6.75. The standard InChI is InChI=1S/C9H14O2/c1-3-7-4-8(10)6-9(2,11)5-7/h3-4,8,10-11H,1,5-6H2,2H3/t8-,9+/m1/s1. The summed E-state index contributed by atoms with van der Waals surface area (Å²) in [4.78, 5) is 0. The first kappa shape index (κ1) is 8.50. The second kappa shape index (κ2) is 2.80. The maximum absolute atomic E-state index is 9.60. The second-order valence-electron chi connectivity index (χ2n) is 3.39. The minimum Gasteiger partial charge on any atom is -0.390 e. The van der Waals surface area contributed by atoms with E-state index >= 15 is 0 Å². The van der Waals surface area contributed by atoms with E-state index in [1.165, 1.54) is 0 Å². The maximum Gasteiger partial charge on any atom is 0.0754 e. The lowest BCUT2D eigenvalue weighted by Crippen LogP contribution is -2.33. The van der Waals surface area contributed by atoms with Crippen LogP contribution in [0.5, 0.6) is 0 Å². The van der Waals surface area contributed by atoms with Crippen LogP contribution in [0.15, 0.2) is 24.3 Å². The molecule has 0 aliphatic heterocycles. The average Bonchev–Trinajstić information content (AvgIpc) is 1.83. The van der Waals surface area contributed by atoms with E-state index in [0.717, 1.165) is 5.57 Å². The van der Waals surface area contributed by atoms with E-state index < -0.39 is 11.7 Å². The molecule has 0 radical (unpaired) electrons. The van der Waals surface area contributed by atoms with Gasteiger partial charge in [-0.25, -0.2) is 0 Å². The minimum atomic E-state index is -0.766. The number of hydrogen-bond donors (Lipinski definition) is 2. The van der Waals surface area contributed by atoms with E-state index in [-0.39, 0.29) is 0 Å². The van der Waals surface area contributed by atoms with Crippen molar-refractivity contribution in [3.05, 3.63) is 24.3 Å². The SMILES string of the molecule is C=CC1=C[C@@H](O)C[C@@](C)(O)C1. The Morgan fingerprint density at radius 2 is 2.45 bits per heavy atom. The fraction of sp³-hybridized carbons (Fsp3) is 0.556. The largest absolute Gasteiger partial charge is 0.390 e. The van der Waals surface area contributed by atoms with Gasteiger partial charge in [0.1, 0.15) is 0 Å². The fourth-order valence-corrected chi connectivity index (χ4v) is 1.47. The predicted octanol–water partition coefficient (Wildman–Crippen LogP) is 1.00. The topological polar surface area (TPSA) is 40.5 Å². The summed E-state index contributed by atoms with van der Waals surface area (Å²) in [6.45, 7) is 5.32. The minimum absolute atomic E-state index is 0.421. The molecular weight excluding hydrogens is 140 g/mol. The Kier molecular flexibility index (Phi) is 2.16. The number of aliphatic hydroxyl groups excluding tert-OH is 1. The monoisotopic (exact) mass is 154 g/mol. The summed E-state index contributed by atoms with van der Waals surface area (Å²) in [6, 6.07) is 0. The number of rotatable bonds is 1. The van der Waals surface area contributed by atoms with Gasteiger partial charge in [0.2, 0.25) is 0 Å². The van der Waals surface area contributed by atoms with Crippen LogP contribution in [0.4, 0.5) is 0 Å². The molecule has 0 aromatic rings. The van der Waals surface area contributed by atoms with Crippen molar-refractivity contribution in [3.8, 4) is 0 Å². The highest BCUT2D eigenvalue weighted by molar-refractivity contribution is 5.23. The molecule has 0 bridgehead atoms. The van der Waals surface area contributed by atoms with Crippen LogP contribution >= 0.6 is 0 Å². The van der Waals surface area contributed by atoms with E-state index in [4.69, 9.17) is 0 Å². The van der Waals surface area contributed by atoms with Crippen LogP contribution in [0.1, 0.15) is 19.8 Å². The Labute approximate surface area is 66.9 Å². The molecule has 2 heteroatoms. The third-order valence-corrected chi connectivity index (χ3v) is 1.90. The van der Waals surface area contributed by atoms with Crippen LogP contribution in [0, 0.1) is 0 Å². The summed E-state index contributed by atoms with van der Waals surface area (Å²) < 4.78 is 0. The average molecular weight is 154 g/mol. The van der Waals surface area contributed by atoms with E-state index in [9.17, 15) is 10.2 Å². The molecule has 0 saturated heterocycles. The molecule has 1 rings (SSSR count). The highest BCUT2D eigenvalue weighted by Gasteiger charge is 2.28. The van der Waals surface area contributed by atoms with Gasteiger partial charge in [-0.05, 0) is 12.5 Å². The van der Waals surface area contributed by atoms with Crippen molar-refractivity contribution >= 4 is 0 Å². The normalized spacial score (nSPS) is 38.1. The lowest BCUT2D eigenvalue weighted by Gasteiger charge is -2.30. The highest BCUT2D eigenvalue weighted by atomic mass is 16.3. The van der Waals surface area contributed by atoms with Gasteiger partial charge in [0.15, 0.2) is 0 Å². The maximum atomic E-state index is 9.60. The van der Waals surface area contributed by atoms with Crippen molar-refractivity contribution in [2.45, 2.75) is 31.5 Å². The van der Waals surface area contributed by atoms with E-state index in [1.54, 1.807) is 19.1 Å². The highest BCUT2D eigenvalue weighted by Crippen LogP contribution is 2.28. The zero-order valence-electron chi connectivity index (χ0n) is 6.75. The molecule has 0 fully saturated rings. The summed E-state index contributed by atoms with van der Waals surface area (Å²) in [5.41, 5.74) is 0.159. The molecule has 0 heterocycles. The molecule has 0 saturated carbocycles. The molecule has 2 N–H and O–H groups in total. The van der Waals surface area contributed by atoms with Gasteiger partial charge in [-0.15, -0.1) is 0 Å². The fourth-order valence-electron chi connectivity index (χ4n) is 1.47. The molecular formula is C9H14O2. The van der Waals surface area contributed by atoms with E-state index in [2.05, 4.69) is 6.58 Å². The number of hydrogen-bond acceptors (Lipinski definition) is 2. The van der Waals surface area contributed by atoms with Crippen LogP contribution in [0.2, 0.25) is 0 Å². The molecule has 0 spiro atoms. The van der Waals surface area contributed by atoms with Gasteiger partial charge in [0.25, 0.3) is 0 Å². The smallest absolute Gasteiger partial charge is 0.0754 e. The van der Waals surface area contributed by atoms with Crippen LogP contribution in [-0.2, 0) is 0 Å². The van der Waals surface area contributed by atoms with Crippen molar-refractivity contribution in [2.24, 2.45) is 0 Å². The van der Waals surface area contributed by atoms with E-state index in [1.807, 2.05) is 0 Å². The zero-order chi connectivity index (χ0) is 8.48. The third-order valence-electron chi connectivity index (χ3n) is 1.90. The molecule has 1 aliphatic carbocycles. The van der Waals surface area contributed by atoms with Crippen molar-refractivity contribution in [3.63, 3.8) is 0 Å². The Morgan fingerprint density at radius 3 is 2.91 bits per heavy atom. The number of aliphatic hydroxyl groups is 2. The number of allylic oxidation sites excluding steroid dienone is 1. The first-order valence-electron chi connectivity index (χ1n) is 3.77. The molecule has 1 aliphatic rings. The van der Waals surface area contributed by atoms with Gasteiger partial charge in [-0.1, -0.05) is 18.7 Å². The first-order valence-corrected chi connectivity index (χ1v) is 3.77. The van der Waals surface area contributed by atoms with Gasteiger partial charge >= 0.3 is 0 Å². The second-order valence-corrected chi connectivity index (χ2v) is 3.39. The van der Waals surface area contributed by atoms with Crippen molar-refractivity contribution in [1.82, 2.24) is 0 Å². The summed E-state index contributed by atoms with van der Waals surface area (Å²) in [5.74, 6) is 0. The van der Waals surface area contributed by atoms with Crippen molar-refractivity contribution in [2.75, 3.05) is 0 Å². The van der Waals surface area contributed by atoms with Gasteiger partial charge in [-0.3, -0.25) is 0 Å². The molecule has 0 aromatic heterocycles. The van der Waals surface area contributed by atoms with Crippen LogP contribution in [0.25, 0.3) is 0 Å². The van der Waals surface area contributed by atoms with Crippen LogP contribution < -0.4 is 0 Å². The first-order chi connectivity index (χ1) is 5.03. The van der Waals surface area contributed by atoms with Crippen molar-refractivity contribution < 1.29 is 10.2 Å². The summed E-state index contributed by atoms with van der Waals surface area (Å²) in [5, 5.41) is 18.9. The summed E-state index contributed by atoms with van der Waals surface area (Å²) in [7, 11) is 0. The molecule has 0 amide bonds. The van der Waals surface area contributed by atoms with Crippen LogP contribution in [0.3, 0.4) is 0 Å². The van der Waals surface area contributed by atoms with Gasteiger partial charge in [-0.2, -0.15) is 0 Å².